The van der Waals surface area contributed by atoms with Crippen LogP contribution in [-0.4, -0.2) is 6.04 Å². The third-order valence-corrected chi connectivity index (χ3v) is 6.35. The molecule has 0 aromatic carbocycles. The molecule has 3 N–H and O–H groups in total. The van der Waals surface area contributed by atoms with Crippen LogP contribution in [0.5, 0.6) is 0 Å². The van der Waals surface area contributed by atoms with Gasteiger partial charge in [-0.3, -0.25) is 0 Å². The number of allylic oxidation sites excluding steroid dienone is 30. The zero-order chi connectivity index (χ0) is 28.3. The molecule has 0 aliphatic heterocycles. The van der Waals surface area contributed by atoms with E-state index in [4.69, 9.17) is 5.73 Å². The summed E-state index contributed by atoms with van der Waals surface area (Å²) in [6, 6.07) is 0.265. The Bertz CT molecular complexity index is 1350. The molecule has 3 aliphatic rings. The van der Waals surface area contributed by atoms with E-state index in [0.29, 0.717) is 0 Å². The molecule has 0 aromatic rings. The second-order valence-corrected chi connectivity index (χ2v) is 9.56. The fourth-order valence-electron chi connectivity index (χ4n) is 4.24. The number of hydrogen-bond acceptors (Lipinski definition) is 2. The minimum Gasteiger partial charge on any atom is -0.397 e. The molecule has 3 aliphatic carbocycles. The molecular formula is C38H42N2. The van der Waals surface area contributed by atoms with Gasteiger partial charge < -0.3 is 11.1 Å². The van der Waals surface area contributed by atoms with E-state index >= 15 is 0 Å². The topological polar surface area (TPSA) is 38.0 Å². The zero-order valence-electron chi connectivity index (χ0n) is 23.8. The third-order valence-electron chi connectivity index (χ3n) is 6.35. The maximum Gasteiger partial charge on any atom is 0.0662 e. The van der Waals surface area contributed by atoms with Gasteiger partial charge in [-0.15, -0.1) is 0 Å². The average Bonchev–Trinajstić information content (AvgIpc) is 2.93. The van der Waals surface area contributed by atoms with Crippen molar-refractivity contribution in [1.82, 2.24) is 5.32 Å². The molecule has 204 valence electrons. The number of nitrogens with one attached hydrogen (secondary N) is 1. The molecule has 0 bridgehead atoms. The minimum absolute atomic E-state index is 0.265. The smallest absolute Gasteiger partial charge is 0.0662 e. The first-order valence-electron chi connectivity index (χ1n) is 14.2. The first-order chi connectivity index (χ1) is 19.7. The van der Waals surface area contributed by atoms with Gasteiger partial charge in [0.1, 0.15) is 0 Å². The second-order valence-electron chi connectivity index (χ2n) is 9.56. The maximum atomic E-state index is 7.11. The van der Waals surface area contributed by atoms with Gasteiger partial charge in [-0.25, -0.2) is 0 Å². The molecule has 0 saturated carbocycles. The van der Waals surface area contributed by atoms with Gasteiger partial charge in [-0.1, -0.05) is 178 Å². The van der Waals surface area contributed by atoms with Gasteiger partial charge in [0.15, 0.2) is 0 Å². The van der Waals surface area contributed by atoms with Crippen molar-refractivity contribution in [3.8, 4) is 0 Å². The van der Waals surface area contributed by atoms with Gasteiger partial charge in [0, 0.05) is 17.2 Å². The van der Waals surface area contributed by atoms with E-state index < -0.39 is 0 Å². The van der Waals surface area contributed by atoms with Crippen LogP contribution in [-0.2, 0) is 0 Å². The normalized spacial score (nSPS) is 34.2. The lowest BCUT2D eigenvalue weighted by Crippen LogP contribution is -2.30. The van der Waals surface area contributed by atoms with Crippen LogP contribution < -0.4 is 11.1 Å². The Kier molecular flexibility index (Phi) is 13.4. The first-order valence-corrected chi connectivity index (χ1v) is 14.2. The van der Waals surface area contributed by atoms with Gasteiger partial charge >= 0.3 is 0 Å². The van der Waals surface area contributed by atoms with E-state index in [1.165, 1.54) is 0 Å². The summed E-state index contributed by atoms with van der Waals surface area (Å²) in [4.78, 5) is 0. The SMILES string of the molecule is CCCCC(C)NC1=C(C2=C\C=C/C=C\C=C/C=C\C=C/2)/C=C\C=C/C(C2=C/C=C\C=C/C=C\C=C/C=C\2)=C\1N. The lowest BCUT2D eigenvalue weighted by molar-refractivity contribution is 0.540. The fraction of sp³-hybridized carbons (Fsp3) is 0.158. The van der Waals surface area contributed by atoms with Gasteiger partial charge in [0.05, 0.1) is 11.4 Å². The Hall–Kier alpha value is -4.56. The minimum atomic E-state index is 0.265. The number of unbranched alkanes of at least 4 members (excludes halogenated alkanes) is 1. The fourth-order valence-corrected chi connectivity index (χ4v) is 4.24. The van der Waals surface area contributed by atoms with Crippen molar-refractivity contribution in [2.45, 2.75) is 39.2 Å². The van der Waals surface area contributed by atoms with Crippen LogP contribution in [0, 0.1) is 0 Å². The first kappa shape index (κ1) is 30.0. The van der Waals surface area contributed by atoms with Gasteiger partial charge in [0.25, 0.3) is 0 Å². The van der Waals surface area contributed by atoms with Crippen molar-refractivity contribution < 1.29 is 0 Å². The molecule has 0 heterocycles. The molecule has 1 unspecified atom stereocenters. The van der Waals surface area contributed by atoms with Crippen LogP contribution in [0.2, 0.25) is 0 Å². The standard InChI is InChI=1S/C38H42N2/c1-3-4-25-32(2)40-38-36(34-28-21-17-13-9-6-10-14-18-22-29-34)31-24-23-30-35(37(38)39)33-26-19-15-11-7-5-8-12-16-20-27-33/h5-24,26-32,40H,3-4,25,39H2,1-2H3/b7-5-,8-5?,9-6-,10-6?,11-7?,12-8-,13-9?,14-10-,15-11-,16-12?,17-13-,18-14?,19-15?,20-16-,21-17?,22-18-,24-23?,26-19-,27-20?,28-21-,29-22?,30-23-,31-24-,33-26?,33-27+,34-28?,34-29+,35-30?,36-31?,37-35-,38-36-,38-37?. The van der Waals surface area contributed by atoms with E-state index in [1.54, 1.807) is 0 Å². The Labute approximate surface area is 241 Å². The number of nitrogens with two attached hydrogens (primary N) is 1. The summed E-state index contributed by atoms with van der Waals surface area (Å²) in [5, 5.41) is 3.81. The number of hydrogen-bond donors (Lipinski definition) is 2. The highest BCUT2D eigenvalue weighted by atomic mass is 14.9. The summed E-state index contributed by atoms with van der Waals surface area (Å²) in [7, 11) is 0. The molecular weight excluding hydrogens is 484 g/mol. The van der Waals surface area contributed by atoms with Crippen LogP contribution in [0.15, 0.2) is 192 Å². The van der Waals surface area contributed by atoms with Crippen molar-refractivity contribution >= 4 is 0 Å². The summed E-state index contributed by atoms with van der Waals surface area (Å²) >= 11 is 0. The van der Waals surface area contributed by atoms with Crippen molar-refractivity contribution in [2.75, 3.05) is 0 Å². The highest BCUT2D eigenvalue weighted by Crippen LogP contribution is 2.28. The predicted octanol–water partition coefficient (Wildman–Crippen LogP) is 9.19. The molecule has 3 rings (SSSR count). The van der Waals surface area contributed by atoms with E-state index in [0.717, 1.165) is 52.9 Å². The van der Waals surface area contributed by atoms with Crippen molar-refractivity contribution in [3.63, 3.8) is 0 Å². The molecule has 0 saturated heterocycles. The van der Waals surface area contributed by atoms with Crippen LogP contribution >= 0.6 is 0 Å². The van der Waals surface area contributed by atoms with E-state index in [9.17, 15) is 0 Å². The van der Waals surface area contributed by atoms with Gasteiger partial charge in [-0.2, -0.15) is 0 Å². The van der Waals surface area contributed by atoms with E-state index in [1.807, 2.05) is 85.1 Å². The summed E-state index contributed by atoms with van der Waals surface area (Å²) in [6.07, 6.45) is 56.9. The van der Waals surface area contributed by atoms with Crippen LogP contribution in [0.3, 0.4) is 0 Å². The molecule has 0 amide bonds. The van der Waals surface area contributed by atoms with Crippen molar-refractivity contribution in [1.29, 1.82) is 0 Å². The summed E-state index contributed by atoms with van der Waals surface area (Å²) in [5.74, 6) is 0. The predicted molar refractivity (Wildman–Crippen MR) is 176 cm³/mol. The molecule has 0 aromatic heterocycles. The second kappa shape index (κ2) is 17.9. The van der Waals surface area contributed by atoms with Gasteiger partial charge in [-0.05, 0) is 24.5 Å². The Balaban J connectivity index is 2.21. The van der Waals surface area contributed by atoms with Crippen molar-refractivity contribution in [3.05, 3.63) is 192 Å². The van der Waals surface area contributed by atoms with E-state index in [2.05, 4.69) is 92.1 Å². The van der Waals surface area contributed by atoms with Crippen LogP contribution in [0.1, 0.15) is 33.1 Å². The quantitative estimate of drug-likeness (QED) is 0.347. The Morgan fingerprint density at radius 3 is 1.45 bits per heavy atom. The molecule has 0 spiro atoms. The highest BCUT2D eigenvalue weighted by Gasteiger charge is 2.18. The maximum absolute atomic E-state index is 7.11. The third kappa shape index (κ3) is 10.3. The lowest BCUT2D eigenvalue weighted by Gasteiger charge is -2.24. The molecule has 2 heteroatoms. The monoisotopic (exact) mass is 526 g/mol. The van der Waals surface area contributed by atoms with Gasteiger partial charge in [0.2, 0.25) is 0 Å². The Morgan fingerprint density at radius 1 is 0.550 bits per heavy atom. The summed E-state index contributed by atoms with van der Waals surface area (Å²) in [6.45, 7) is 4.46. The summed E-state index contributed by atoms with van der Waals surface area (Å²) < 4.78 is 0. The van der Waals surface area contributed by atoms with Crippen LogP contribution in [0.4, 0.5) is 0 Å². The van der Waals surface area contributed by atoms with E-state index in [-0.39, 0.29) is 6.04 Å². The summed E-state index contributed by atoms with van der Waals surface area (Å²) in [5.41, 5.74) is 12.9. The average molecular weight is 527 g/mol. The zero-order valence-corrected chi connectivity index (χ0v) is 23.8. The molecule has 0 fully saturated rings. The molecule has 1 atom stereocenters. The largest absolute Gasteiger partial charge is 0.397 e. The number of rotatable bonds is 7. The molecule has 2 nitrogen and oxygen atoms in total. The molecule has 0 radical (unpaired) electrons. The van der Waals surface area contributed by atoms with Crippen molar-refractivity contribution in [2.24, 2.45) is 5.73 Å². The highest BCUT2D eigenvalue weighted by molar-refractivity contribution is 5.62. The Morgan fingerprint density at radius 2 is 0.950 bits per heavy atom. The molecule has 40 heavy (non-hydrogen) atoms. The van der Waals surface area contributed by atoms with Crippen LogP contribution in [0.25, 0.3) is 0 Å². The lowest BCUT2D eigenvalue weighted by atomic mass is 9.93.